The molecule has 1 saturated heterocycles. The first-order chi connectivity index (χ1) is 13.3. The van der Waals surface area contributed by atoms with Gasteiger partial charge in [-0.05, 0) is 25.6 Å². The number of likely N-dealkylation sites (N-methyl/N-ethyl adjacent to an activating group) is 1. The lowest BCUT2D eigenvalue weighted by molar-refractivity contribution is -0.137. The van der Waals surface area contributed by atoms with Crippen LogP contribution < -0.4 is 15.5 Å². The number of hydrogen-bond acceptors (Lipinski definition) is 4. The number of aromatic nitrogens is 1. The third-order valence-electron chi connectivity index (χ3n) is 4.82. The van der Waals surface area contributed by atoms with Crippen molar-refractivity contribution in [1.82, 2.24) is 20.5 Å². The summed E-state index contributed by atoms with van der Waals surface area (Å²) in [6, 6.07) is 1.04. The summed E-state index contributed by atoms with van der Waals surface area (Å²) < 4.78 is 38.3. The Morgan fingerprint density at radius 2 is 2.07 bits per heavy atom. The molecule has 0 bridgehead atoms. The van der Waals surface area contributed by atoms with E-state index < -0.39 is 11.7 Å². The maximum atomic E-state index is 12.8. The number of guanidine groups is 1. The normalized spacial score (nSPS) is 17.4. The molecular formula is C18H29ClF3IN6. The highest BCUT2D eigenvalue weighted by Crippen LogP contribution is 2.34. The molecule has 1 aromatic rings. The Labute approximate surface area is 192 Å². The molecule has 1 aliphatic heterocycles. The average Bonchev–Trinajstić information content (AvgIpc) is 3.11. The molecule has 6 nitrogen and oxygen atoms in total. The fraction of sp³-hybridized carbons (Fsp3) is 0.667. The molecule has 2 heterocycles. The standard InChI is InChI=1S/C18H28ClF3N6.HI/c1-4-27(5-2)9-7-24-17(23-3)26-14-6-8-28(12-14)16-15(19)10-13(11-25-16)18(20,21)22;/h10-11,14H,4-9,12H2,1-3H3,(H2,23,24,26);1H. The van der Waals surface area contributed by atoms with Crippen LogP contribution in [0.3, 0.4) is 0 Å². The highest BCUT2D eigenvalue weighted by molar-refractivity contribution is 14.0. The van der Waals surface area contributed by atoms with Crippen LogP contribution in [0.2, 0.25) is 5.02 Å². The van der Waals surface area contributed by atoms with Gasteiger partial charge in [-0.3, -0.25) is 4.99 Å². The molecule has 0 saturated carbocycles. The van der Waals surface area contributed by atoms with Crippen LogP contribution in [-0.2, 0) is 6.18 Å². The van der Waals surface area contributed by atoms with Gasteiger partial charge in [0.25, 0.3) is 0 Å². The minimum Gasteiger partial charge on any atom is -0.355 e. The van der Waals surface area contributed by atoms with Crippen LogP contribution in [0.5, 0.6) is 0 Å². The Balaban J connectivity index is 0.00000420. The minimum absolute atomic E-state index is 0. The van der Waals surface area contributed by atoms with E-state index in [1.807, 2.05) is 4.90 Å². The van der Waals surface area contributed by atoms with Crippen molar-refractivity contribution in [3.63, 3.8) is 0 Å². The first-order valence-corrected chi connectivity index (χ1v) is 9.83. The second kappa shape index (κ2) is 12.0. The number of nitrogens with zero attached hydrogens (tertiary/aromatic N) is 4. The topological polar surface area (TPSA) is 55.8 Å². The molecule has 2 N–H and O–H groups in total. The zero-order valence-corrected chi connectivity index (χ0v) is 20.0. The second-order valence-electron chi connectivity index (χ2n) is 6.63. The van der Waals surface area contributed by atoms with E-state index in [9.17, 15) is 13.2 Å². The van der Waals surface area contributed by atoms with E-state index in [4.69, 9.17) is 11.6 Å². The van der Waals surface area contributed by atoms with Gasteiger partial charge in [-0.15, -0.1) is 24.0 Å². The van der Waals surface area contributed by atoms with Gasteiger partial charge in [-0.25, -0.2) is 4.98 Å². The molecule has 0 radical (unpaired) electrons. The molecule has 1 atom stereocenters. The molecule has 29 heavy (non-hydrogen) atoms. The summed E-state index contributed by atoms with van der Waals surface area (Å²) in [5.74, 6) is 1.09. The number of aliphatic imine (C=N–C) groups is 1. The first kappa shape index (κ1) is 26.0. The van der Waals surface area contributed by atoms with Gasteiger partial charge >= 0.3 is 6.18 Å². The number of alkyl halides is 3. The Bertz CT molecular complexity index is 669. The lowest BCUT2D eigenvalue weighted by Gasteiger charge is -2.22. The van der Waals surface area contributed by atoms with E-state index in [-0.39, 0.29) is 35.0 Å². The molecule has 0 aromatic carbocycles. The van der Waals surface area contributed by atoms with Crippen LogP contribution in [0.1, 0.15) is 25.8 Å². The number of pyridine rings is 1. The lowest BCUT2D eigenvalue weighted by Crippen LogP contribution is -2.46. The Morgan fingerprint density at radius 1 is 1.38 bits per heavy atom. The number of halogens is 5. The van der Waals surface area contributed by atoms with Crippen LogP contribution in [-0.4, -0.2) is 68.2 Å². The molecule has 1 aromatic heterocycles. The average molecular weight is 549 g/mol. The van der Waals surface area contributed by atoms with Gasteiger partial charge in [0, 0.05) is 45.5 Å². The third-order valence-corrected chi connectivity index (χ3v) is 5.09. The van der Waals surface area contributed by atoms with Crippen molar-refractivity contribution < 1.29 is 13.2 Å². The lowest BCUT2D eigenvalue weighted by atomic mass is 10.2. The van der Waals surface area contributed by atoms with Gasteiger partial charge in [0.05, 0.1) is 10.6 Å². The number of hydrogen-bond donors (Lipinski definition) is 2. The van der Waals surface area contributed by atoms with Gasteiger partial charge in [0.15, 0.2) is 5.96 Å². The van der Waals surface area contributed by atoms with Crippen molar-refractivity contribution in [2.45, 2.75) is 32.5 Å². The number of nitrogens with one attached hydrogen (secondary N) is 2. The van der Waals surface area contributed by atoms with Gasteiger partial charge in [-0.1, -0.05) is 25.4 Å². The van der Waals surface area contributed by atoms with Gasteiger partial charge in [-0.2, -0.15) is 13.2 Å². The predicted molar refractivity (Wildman–Crippen MR) is 123 cm³/mol. The van der Waals surface area contributed by atoms with Crippen molar-refractivity contribution >= 4 is 47.4 Å². The van der Waals surface area contributed by atoms with Crippen LogP contribution in [0, 0.1) is 0 Å². The monoisotopic (exact) mass is 548 g/mol. The Hall–Kier alpha value is -1.01. The van der Waals surface area contributed by atoms with E-state index in [0.29, 0.717) is 24.9 Å². The summed E-state index contributed by atoms with van der Waals surface area (Å²) >= 11 is 6.06. The molecule has 0 amide bonds. The molecular weight excluding hydrogens is 520 g/mol. The summed E-state index contributed by atoms with van der Waals surface area (Å²) in [4.78, 5) is 12.4. The quantitative estimate of drug-likeness (QED) is 0.311. The van der Waals surface area contributed by atoms with Crippen LogP contribution >= 0.6 is 35.6 Å². The fourth-order valence-corrected chi connectivity index (χ4v) is 3.43. The van der Waals surface area contributed by atoms with E-state index in [0.717, 1.165) is 44.9 Å². The van der Waals surface area contributed by atoms with E-state index >= 15 is 0 Å². The second-order valence-corrected chi connectivity index (χ2v) is 7.04. The fourth-order valence-electron chi connectivity index (χ4n) is 3.15. The highest BCUT2D eigenvalue weighted by Gasteiger charge is 2.33. The molecule has 0 spiro atoms. The van der Waals surface area contributed by atoms with Gasteiger partial charge in [0.1, 0.15) is 5.82 Å². The third kappa shape index (κ3) is 7.63. The molecule has 11 heteroatoms. The zero-order valence-electron chi connectivity index (χ0n) is 16.9. The van der Waals surface area contributed by atoms with Crippen LogP contribution in [0.15, 0.2) is 17.3 Å². The zero-order chi connectivity index (χ0) is 20.7. The molecule has 1 fully saturated rings. The smallest absolute Gasteiger partial charge is 0.355 e. The van der Waals surface area contributed by atoms with E-state index in [1.54, 1.807) is 7.05 Å². The summed E-state index contributed by atoms with van der Waals surface area (Å²) in [5.41, 5.74) is -0.840. The van der Waals surface area contributed by atoms with Crippen LogP contribution in [0.25, 0.3) is 0 Å². The maximum Gasteiger partial charge on any atom is 0.417 e. The predicted octanol–water partition coefficient (Wildman–Crippen LogP) is 3.46. The molecule has 1 unspecified atom stereocenters. The SMILES string of the molecule is CCN(CC)CCNC(=NC)NC1CCN(c2ncc(C(F)(F)F)cc2Cl)C1.I. The highest BCUT2D eigenvalue weighted by atomic mass is 127. The minimum atomic E-state index is -4.45. The first-order valence-electron chi connectivity index (χ1n) is 9.45. The number of rotatable bonds is 7. The largest absolute Gasteiger partial charge is 0.417 e. The summed E-state index contributed by atoms with van der Waals surface area (Å²) in [6.07, 6.45) is -2.81. The molecule has 0 aliphatic carbocycles. The number of anilines is 1. The summed E-state index contributed by atoms with van der Waals surface area (Å²) in [7, 11) is 1.72. The van der Waals surface area contributed by atoms with Crippen molar-refractivity contribution in [3.8, 4) is 0 Å². The van der Waals surface area contributed by atoms with Crippen LogP contribution in [0.4, 0.5) is 19.0 Å². The summed E-state index contributed by atoms with van der Waals surface area (Å²) in [6.45, 7) is 9.22. The Kier molecular flexibility index (Phi) is 10.8. The van der Waals surface area contributed by atoms with E-state index in [2.05, 4.69) is 39.4 Å². The van der Waals surface area contributed by atoms with Crippen molar-refractivity contribution in [3.05, 3.63) is 22.8 Å². The van der Waals surface area contributed by atoms with Crippen molar-refractivity contribution in [2.24, 2.45) is 4.99 Å². The van der Waals surface area contributed by atoms with Gasteiger partial charge < -0.3 is 20.4 Å². The van der Waals surface area contributed by atoms with Gasteiger partial charge in [0.2, 0.25) is 0 Å². The molecule has 166 valence electrons. The van der Waals surface area contributed by atoms with Crippen molar-refractivity contribution in [2.75, 3.05) is 51.2 Å². The molecule has 2 rings (SSSR count). The molecule has 1 aliphatic rings. The van der Waals surface area contributed by atoms with Crippen molar-refractivity contribution in [1.29, 1.82) is 0 Å². The maximum absolute atomic E-state index is 12.8. The summed E-state index contributed by atoms with van der Waals surface area (Å²) in [5, 5.41) is 6.67. The Morgan fingerprint density at radius 3 is 2.62 bits per heavy atom. The van der Waals surface area contributed by atoms with E-state index in [1.165, 1.54) is 0 Å².